The molecule has 0 saturated heterocycles. The van der Waals surface area contributed by atoms with E-state index in [-0.39, 0.29) is 11.6 Å². The number of aromatic nitrogens is 2. The molecule has 0 saturated carbocycles. The summed E-state index contributed by atoms with van der Waals surface area (Å²) in [5.41, 5.74) is 5.68. The number of hydrogen-bond donors (Lipinski definition) is 2. The lowest BCUT2D eigenvalue weighted by Crippen LogP contribution is -2.14. The normalized spacial score (nSPS) is 10.0. The smallest absolute Gasteiger partial charge is 0.273 e. The van der Waals surface area contributed by atoms with Crippen molar-refractivity contribution in [3.8, 4) is 11.8 Å². The Balaban J connectivity index is 2.11. The highest BCUT2D eigenvalue weighted by atomic mass is 16.5. The van der Waals surface area contributed by atoms with Crippen LogP contribution in [0.15, 0.2) is 36.5 Å². The van der Waals surface area contributed by atoms with E-state index < -0.39 is 11.8 Å². The van der Waals surface area contributed by atoms with Crippen LogP contribution in [0.3, 0.4) is 0 Å². The molecule has 6 nitrogen and oxygen atoms in total. The number of hydrogen-bond acceptors (Lipinski definition) is 5. The summed E-state index contributed by atoms with van der Waals surface area (Å²) in [5, 5.41) is 9.26. The minimum Gasteiger partial charge on any atom is -0.492 e. The molecule has 0 fully saturated rings. The number of amides is 1. The van der Waals surface area contributed by atoms with Gasteiger partial charge in [0.15, 0.2) is 5.69 Å². The van der Waals surface area contributed by atoms with Crippen molar-refractivity contribution in [3.05, 3.63) is 47.8 Å². The zero-order valence-electron chi connectivity index (χ0n) is 9.41. The van der Waals surface area contributed by atoms with Crippen LogP contribution in [0.2, 0.25) is 0 Å². The SMILES string of the molecule is NC(=O)c1nc(OCc2ccccc2)cnc1O. The molecule has 0 unspecified atom stereocenters. The third-order valence-corrected chi connectivity index (χ3v) is 2.19. The van der Waals surface area contributed by atoms with Crippen LogP contribution >= 0.6 is 0 Å². The Labute approximate surface area is 103 Å². The van der Waals surface area contributed by atoms with E-state index in [2.05, 4.69) is 9.97 Å². The maximum atomic E-state index is 11.0. The lowest BCUT2D eigenvalue weighted by molar-refractivity contribution is 0.0990. The molecule has 0 atom stereocenters. The molecule has 1 amide bonds. The van der Waals surface area contributed by atoms with Gasteiger partial charge in [0, 0.05) is 0 Å². The number of nitrogens with two attached hydrogens (primary N) is 1. The molecule has 1 aromatic heterocycles. The first kappa shape index (κ1) is 11.8. The number of carbonyl (C=O) groups excluding carboxylic acids is 1. The molecule has 3 N–H and O–H groups in total. The monoisotopic (exact) mass is 245 g/mol. The van der Waals surface area contributed by atoms with Crippen LogP contribution in [0.5, 0.6) is 11.8 Å². The topological polar surface area (TPSA) is 98.3 Å². The molecule has 0 bridgehead atoms. The molecule has 0 aliphatic carbocycles. The predicted molar refractivity (Wildman–Crippen MR) is 63.0 cm³/mol. The van der Waals surface area contributed by atoms with E-state index >= 15 is 0 Å². The molecule has 0 spiro atoms. The fourth-order valence-electron chi connectivity index (χ4n) is 1.33. The summed E-state index contributed by atoms with van der Waals surface area (Å²) in [6.07, 6.45) is 1.23. The van der Waals surface area contributed by atoms with Crippen LogP contribution in [0, 0.1) is 0 Å². The van der Waals surface area contributed by atoms with Crippen molar-refractivity contribution in [2.24, 2.45) is 5.73 Å². The molecule has 1 aromatic carbocycles. The van der Waals surface area contributed by atoms with Gasteiger partial charge < -0.3 is 15.6 Å². The number of benzene rings is 1. The summed E-state index contributed by atoms with van der Waals surface area (Å²) >= 11 is 0. The molecule has 92 valence electrons. The van der Waals surface area contributed by atoms with Gasteiger partial charge in [0.2, 0.25) is 11.8 Å². The molecule has 6 heteroatoms. The average Bonchev–Trinajstić information content (AvgIpc) is 2.38. The minimum atomic E-state index is -0.856. The second-order valence-electron chi connectivity index (χ2n) is 3.52. The van der Waals surface area contributed by atoms with Crippen molar-refractivity contribution >= 4 is 5.91 Å². The lowest BCUT2D eigenvalue weighted by Gasteiger charge is -2.06. The molecule has 0 aliphatic heterocycles. The third-order valence-electron chi connectivity index (χ3n) is 2.19. The maximum Gasteiger partial charge on any atom is 0.273 e. The number of nitrogens with zero attached hydrogens (tertiary/aromatic N) is 2. The first-order valence-corrected chi connectivity index (χ1v) is 5.19. The fourth-order valence-corrected chi connectivity index (χ4v) is 1.33. The summed E-state index contributed by atoms with van der Waals surface area (Å²) in [7, 11) is 0. The quantitative estimate of drug-likeness (QED) is 0.832. The highest BCUT2D eigenvalue weighted by Gasteiger charge is 2.12. The first-order valence-electron chi connectivity index (χ1n) is 5.19. The zero-order chi connectivity index (χ0) is 13.0. The molecule has 18 heavy (non-hydrogen) atoms. The van der Waals surface area contributed by atoms with E-state index in [0.29, 0.717) is 6.61 Å². The van der Waals surface area contributed by atoms with Crippen molar-refractivity contribution in [3.63, 3.8) is 0 Å². The summed E-state index contributed by atoms with van der Waals surface area (Å²) < 4.78 is 5.35. The second kappa shape index (κ2) is 5.13. The fraction of sp³-hybridized carbons (Fsp3) is 0.0833. The number of primary amides is 1. The highest BCUT2D eigenvalue weighted by Crippen LogP contribution is 2.15. The molecular weight excluding hydrogens is 234 g/mol. The highest BCUT2D eigenvalue weighted by molar-refractivity contribution is 5.92. The van der Waals surface area contributed by atoms with Gasteiger partial charge >= 0.3 is 0 Å². The first-order chi connectivity index (χ1) is 8.66. The Morgan fingerprint density at radius 1 is 1.33 bits per heavy atom. The van der Waals surface area contributed by atoms with E-state index in [0.717, 1.165) is 5.56 Å². The molecule has 0 aliphatic rings. The van der Waals surface area contributed by atoms with Crippen molar-refractivity contribution in [1.29, 1.82) is 0 Å². The van der Waals surface area contributed by atoms with Crippen LogP contribution in [0.1, 0.15) is 16.1 Å². The maximum absolute atomic E-state index is 11.0. The predicted octanol–water partition coefficient (Wildman–Crippen LogP) is 0.860. The minimum absolute atomic E-state index is 0.130. The van der Waals surface area contributed by atoms with Gasteiger partial charge in [-0.2, -0.15) is 0 Å². The standard InChI is InChI=1S/C12H11N3O3/c13-11(16)10-12(17)14-6-9(15-10)18-7-8-4-2-1-3-5-8/h1-6H,7H2,(H2,13,16)(H,14,17). The van der Waals surface area contributed by atoms with E-state index in [1.807, 2.05) is 30.3 Å². The van der Waals surface area contributed by atoms with Crippen molar-refractivity contribution in [1.82, 2.24) is 9.97 Å². The Morgan fingerprint density at radius 3 is 2.72 bits per heavy atom. The molecule has 2 aromatic rings. The Kier molecular flexibility index (Phi) is 3.38. The Bertz CT molecular complexity index is 558. The van der Waals surface area contributed by atoms with Gasteiger partial charge in [0.25, 0.3) is 5.91 Å². The molecule has 1 heterocycles. The van der Waals surface area contributed by atoms with Gasteiger partial charge in [-0.05, 0) is 5.56 Å². The lowest BCUT2D eigenvalue weighted by atomic mass is 10.2. The third kappa shape index (κ3) is 2.73. The molecular formula is C12H11N3O3. The van der Waals surface area contributed by atoms with Gasteiger partial charge in [-0.3, -0.25) is 4.79 Å². The van der Waals surface area contributed by atoms with Crippen LogP contribution in [-0.4, -0.2) is 21.0 Å². The van der Waals surface area contributed by atoms with Gasteiger partial charge in [0.05, 0.1) is 6.20 Å². The number of aromatic hydroxyl groups is 1. The van der Waals surface area contributed by atoms with Gasteiger partial charge in [-0.1, -0.05) is 30.3 Å². The van der Waals surface area contributed by atoms with Gasteiger partial charge in [0.1, 0.15) is 6.61 Å². The van der Waals surface area contributed by atoms with Crippen LogP contribution in [-0.2, 0) is 6.61 Å². The van der Waals surface area contributed by atoms with E-state index in [1.165, 1.54) is 6.20 Å². The number of rotatable bonds is 4. The summed E-state index contributed by atoms with van der Waals surface area (Å²) in [4.78, 5) is 18.3. The Morgan fingerprint density at radius 2 is 2.06 bits per heavy atom. The van der Waals surface area contributed by atoms with Crippen LogP contribution < -0.4 is 10.5 Å². The zero-order valence-corrected chi connectivity index (χ0v) is 9.41. The number of ether oxygens (including phenoxy) is 1. The van der Waals surface area contributed by atoms with Crippen molar-refractivity contribution in [2.75, 3.05) is 0 Å². The van der Waals surface area contributed by atoms with Gasteiger partial charge in [-0.25, -0.2) is 9.97 Å². The second-order valence-corrected chi connectivity index (χ2v) is 3.52. The average molecular weight is 245 g/mol. The summed E-state index contributed by atoms with van der Waals surface area (Å²) in [6, 6.07) is 9.45. The largest absolute Gasteiger partial charge is 0.492 e. The molecule has 0 radical (unpaired) electrons. The van der Waals surface area contributed by atoms with Crippen LogP contribution in [0.4, 0.5) is 0 Å². The summed E-state index contributed by atoms with van der Waals surface area (Å²) in [6.45, 7) is 0.290. The van der Waals surface area contributed by atoms with Crippen LogP contribution in [0.25, 0.3) is 0 Å². The van der Waals surface area contributed by atoms with Crippen molar-refractivity contribution in [2.45, 2.75) is 6.61 Å². The van der Waals surface area contributed by atoms with Gasteiger partial charge in [-0.15, -0.1) is 0 Å². The Hall–Kier alpha value is -2.63. The molecule has 2 rings (SSSR count). The summed E-state index contributed by atoms with van der Waals surface area (Å²) in [5.74, 6) is -1.23. The van der Waals surface area contributed by atoms with E-state index in [4.69, 9.17) is 10.5 Å². The van der Waals surface area contributed by atoms with Crippen molar-refractivity contribution < 1.29 is 14.6 Å². The van der Waals surface area contributed by atoms with E-state index in [1.54, 1.807) is 0 Å². The van der Waals surface area contributed by atoms with E-state index in [9.17, 15) is 9.90 Å². The number of carbonyl (C=O) groups is 1.